The van der Waals surface area contributed by atoms with Gasteiger partial charge in [0.05, 0.1) is 0 Å². The molecule has 0 atom stereocenters. The van der Waals surface area contributed by atoms with Crippen LogP contribution in [-0.4, -0.2) is 43.1 Å². The van der Waals surface area contributed by atoms with Gasteiger partial charge >= 0.3 is 0 Å². The molecule has 3 aromatic rings. The van der Waals surface area contributed by atoms with E-state index in [0.717, 1.165) is 25.2 Å². The summed E-state index contributed by atoms with van der Waals surface area (Å²) in [6, 6.07) is 14.8. The van der Waals surface area contributed by atoms with E-state index < -0.39 is 0 Å². The highest BCUT2D eigenvalue weighted by Gasteiger charge is 2.14. The molecule has 132 valence electrons. The first-order chi connectivity index (χ1) is 12.0. The van der Waals surface area contributed by atoms with Crippen LogP contribution in [0.1, 0.15) is 19.8 Å². The fraction of sp³-hybridized carbons (Fsp3) is 0.381. The molecular formula is C21H27N3O. The quantitative estimate of drug-likeness (QED) is 0.677. The van der Waals surface area contributed by atoms with Crippen LogP contribution in [0, 0.1) is 0 Å². The van der Waals surface area contributed by atoms with Crippen LogP contribution in [0.25, 0.3) is 21.8 Å². The van der Waals surface area contributed by atoms with Crippen LogP contribution in [0.5, 0.6) is 0 Å². The second kappa shape index (κ2) is 7.28. The summed E-state index contributed by atoms with van der Waals surface area (Å²) < 4.78 is 2.33. The Balaban J connectivity index is 1.93. The molecule has 1 amide bonds. The van der Waals surface area contributed by atoms with Crippen molar-refractivity contribution in [2.24, 2.45) is 0 Å². The zero-order chi connectivity index (χ0) is 18.0. The van der Waals surface area contributed by atoms with Crippen molar-refractivity contribution in [1.29, 1.82) is 0 Å². The first kappa shape index (κ1) is 17.5. The number of benzene rings is 2. The van der Waals surface area contributed by atoms with Gasteiger partial charge < -0.3 is 14.4 Å². The zero-order valence-electron chi connectivity index (χ0n) is 15.6. The summed E-state index contributed by atoms with van der Waals surface area (Å²) in [5, 5.41) is 2.46. The maximum atomic E-state index is 12.5. The first-order valence-corrected chi connectivity index (χ1v) is 8.95. The Morgan fingerprint density at radius 3 is 2.44 bits per heavy atom. The Bertz CT molecular complexity index is 895. The van der Waals surface area contributed by atoms with Crippen molar-refractivity contribution in [3.63, 3.8) is 0 Å². The maximum absolute atomic E-state index is 12.5. The smallest absolute Gasteiger partial charge is 0.226 e. The molecule has 0 N–H and O–H groups in total. The summed E-state index contributed by atoms with van der Waals surface area (Å²) in [6.45, 7) is 4.03. The largest absolute Gasteiger partial charge is 0.341 e. The molecule has 4 nitrogen and oxygen atoms in total. The number of fused-ring (bicyclic) bond motifs is 3. The van der Waals surface area contributed by atoms with Gasteiger partial charge in [0.25, 0.3) is 0 Å². The van der Waals surface area contributed by atoms with Crippen molar-refractivity contribution in [1.82, 2.24) is 9.47 Å². The molecule has 2 aromatic carbocycles. The Morgan fingerprint density at radius 2 is 1.72 bits per heavy atom. The third kappa shape index (κ3) is 3.40. The molecule has 1 heterocycles. The topological polar surface area (TPSA) is 28.5 Å². The van der Waals surface area contributed by atoms with Crippen LogP contribution in [0.4, 0.5) is 5.69 Å². The van der Waals surface area contributed by atoms with Gasteiger partial charge in [-0.25, -0.2) is 0 Å². The van der Waals surface area contributed by atoms with Gasteiger partial charge in [-0.1, -0.05) is 18.2 Å². The summed E-state index contributed by atoms with van der Waals surface area (Å²) >= 11 is 0. The summed E-state index contributed by atoms with van der Waals surface area (Å²) in [5.74, 6) is 0.167. The van der Waals surface area contributed by atoms with E-state index in [1.54, 1.807) is 4.90 Å². The zero-order valence-corrected chi connectivity index (χ0v) is 15.6. The van der Waals surface area contributed by atoms with Gasteiger partial charge in [0, 0.05) is 47.5 Å². The number of amides is 1. The number of para-hydroxylation sites is 1. The number of carbonyl (C=O) groups is 1. The molecule has 0 aliphatic rings. The second-order valence-electron chi connectivity index (χ2n) is 6.82. The van der Waals surface area contributed by atoms with Gasteiger partial charge in [0.2, 0.25) is 5.91 Å². The van der Waals surface area contributed by atoms with E-state index in [1.165, 1.54) is 21.8 Å². The lowest BCUT2D eigenvalue weighted by atomic mass is 10.1. The number of rotatable bonds is 6. The number of anilines is 1. The molecule has 0 unspecified atom stereocenters. The number of aryl methyl sites for hydroxylation is 1. The van der Waals surface area contributed by atoms with E-state index in [-0.39, 0.29) is 5.91 Å². The first-order valence-electron chi connectivity index (χ1n) is 8.95. The van der Waals surface area contributed by atoms with Gasteiger partial charge in [-0.3, -0.25) is 4.79 Å². The third-order valence-corrected chi connectivity index (χ3v) is 4.83. The molecule has 0 bridgehead atoms. The molecule has 0 aliphatic heterocycles. The highest BCUT2D eigenvalue weighted by atomic mass is 16.2. The van der Waals surface area contributed by atoms with Gasteiger partial charge in [0.15, 0.2) is 0 Å². The summed E-state index contributed by atoms with van der Waals surface area (Å²) in [7, 11) is 5.94. The fourth-order valence-corrected chi connectivity index (χ4v) is 3.45. The highest BCUT2D eigenvalue weighted by Crippen LogP contribution is 2.31. The molecule has 25 heavy (non-hydrogen) atoms. The predicted octanol–water partition coefficient (Wildman–Crippen LogP) is 4.12. The van der Waals surface area contributed by atoms with E-state index in [1.807, 2.05) is 21.1 Å². The van der Waals surface area contributed by atoms with E-state index in [0.29, 0.717) is 6.42 Å². The Labute approximate surface area is 149 Å². The number of hydrogen-bond donors (Lipinski definition) is 0. The molecule has 0 saturated heterocycles. The molecule has 1 aromatic heterocycles. The fourth-order valence-electron chi connectivity index (χ4n) is 3.45. The average Bonchev–Trinajstić information content (AvgIpc) is 2.93. The van der Waals surface area contributed by atoms with Gasteiger partial charge in [-0.2, -0.15) is 0 Å². The van der Waals surface area contributed by atoms with Crippen molar-refractivity contribution in [2.45, 2.75) is 26.3 Å². The standard InChI is InChI=1S/C21H27N3O/c1-5-24-19-10-7-6-9-17(19)18-15-16(12-13-20(18)24)23(4)21(25)11-8-14-22(2)3/h6-7,9-10,12-13,15H,5,8,11,14H2,1-4H3. The van der Waals surface area contributed by atoms with Crippen molar-refractivity contribution in [2.75, 3.05) is 32.6 Å². The molecule has 0 spiro atoms. The minimum absolute atomic E-state index is 0.167. The van der Waals surface area contributed by atoms with Gasteiger partial charge in [-0.05, 0) is 58.3 Å². The van der Waals surface area contributed by atoms with Crippen LogP contribution in [0.2, 0.25) is 0 Å². The van der Waals surface area contributed by atoms with Crippen LogP contribution in [0.15, 0.2) is 42.5 Å². The van der Waals surface area contributed by atoms with Crippen LogP contribution >= 0.6 is 0 Å². The molecular weight excluding hydrogens is 310 g/mol. The number of nitrogens with zero attached hydrogens (tertiary/aromatic N) is 3. The van der Waals surface area contributed by atoms with Crippen LogP contribution in [0.3, 0.4) is 0 Å². The van der Waals surface area contributed by atoms with Gasteiger partial charge in [-0.15, -0.1) is 0 Å². The normalized spacial score (nSPS) is 11.6. The van der Waals surface area contributed by atoms with E-state index in [9.17, 15) is 4.79 Å². The third-order valence-electron chi connectivity index (χ3n) is 4.83. The SMILES string of the molecule is CCn1c2ccccc2c2cc(N(C)C(=O)CCCN(C)C)ccc21. The monoisotopic (exact) mass is 337 g/mol. The number of hydrogen-bond acceptors (Lipinski definition) is 2. The summed E-state index contributed by atoms with van der Waals surface area (Å²) in [6.07, 6.45) is 1.46. The summed E-state index contributed by atoms with van der Waals surface area (Å²) in [5.41, 5.74) is 3.43. The predicted molar refractivity (Wildman–Crippen MR) is 106 cm³/mol. The van der Waals surface area contributed by atoms with E-state index in [2.05, 4.69) is 58.9 Å². The minimum Gasteiger partial charge on any atom is -0.341 e. The maximum Gasteiger partial charge on any atom is 0.226 e. The lowest BCUT2D eigenvalue weighted by Crippen LogP contribution is -2.27. The number of aromatic nitrogens is 1. The van der Waals surface area contributed by atoms with Crippen molar-refractivity contribution in [3.8, 4) is 0 Å². The number of carbonyl (C=O) groups excluding carboxylic acids is 1. The van der Waals surface area contributed by atoms with Crippen molar-refractivity contribution in [3.05, 3.63) is 42.5 Å². The molecule has 0 aliphatic carbocycles. The molecule has 4 heteroatoms. The van der Waals surface area contributed by atoms with Crippen molar-refractivity contribution >= 4 is 33.4 Å². The Morgan fingerprint density at radius 1 is 1.00 bits per heavy atom. The van der Waals surface area contributed by atoms with E-state index in [4.69, 9.17) is 0 Å². The van der Waals surface area contributed by atoms with E-state index >= 15 is 0 Å². The van der Waals surface area contributed by atoms with Crippen LogP contribution < -0.4 is 4.90 Å². The highest BCUT2D eigenvalue weighted by molar-refractivity contribution is 6.10. The molecule has 3 rings (SSSR count). The lowest BCUT2D eigenvalue weighted by molar-refractivity contribution is -0.118. The Kier molecular flexibility index (Phi) is 5.09. The lowest BCUT2D eigenvalue weighted by Gasteiger charge is -2.18. The second-order valence-corrected chi connectivity index (χ2v) is 6.82. The molecule has 0 saturated carbocycles. The minimum atomic E-state index is 0.167. The summed E-state index contributed by atoms with van der Waals surface area (Å²) in [4.78, 5) is 16.4. The van der Waals surface area contributed by atoms with Crippen molar-refractivity contribution < 1.29 is 4.79 Å². The molecule has 0 radical (unpaired) electrons. The van der Waals surface area contributed by atoms with Gasteiger partial charge in [0.1, 0.15) is 0 Å². The Hall–Kier alpha value is -2.33. The average molecular weight is 337 g/mol. The molecule has 0 fully saturated rings. The van der Waals surface area contributed by atoms with Crippen LogP contribution in [-0.2, 0) is 11.3 Å².